The van der Waals surface area contributed by atoms with Gasteiger partial charge in [0.1, 0.15) is 5.73 Å². The highest BCUT2D eigenvalue weighted by molar-refractivity contribution is 6.54. The minimum absolute atomic E-state index is 0.417. The molecule has 1 saturated heterocycles. The summed E-state index contributed by atoms with van der Waals surface area (Å²) < 4.78 is 26.0. The lowest BCUT2D eigenvalue weighted by atomic mass is 9.86. The van der Waals surface area contributed by atoms with Crippen molar-refractivity contribution >= 4 is 13.2 Å². The number of aromatic amines is 1. The minimum atomic E-state index is -0.959. The van der Waals surface area contributed by atoms with Crippen molar-refractivity contribution < 1.29 is 13.7 Å². The van der Waals surface area contributed by atoms with E-state index in [9.17, 15) is 4.39 Å². The fraction of sp³-hybridized carbons (Fsp3) is 0.667. The number of rotatable bonds is 4. The molecule has 4 nitrogen and oxygen atoms in total. The molecular formula is C15H24BFN2O2. The van der Waals surface area contributed by atoms with Crippen molar-refractivity contribution in [3.05, 3.63) is 22.7 Å². The molecule has 2 heterocycles. The van der Waals surface area contributed by atoms with Crippen LogP contribution in [0.25, 0.3) is 6.08 Å². The van der Waals surface area contributed by atoms with Gasteiger partial charge < -0.3 is 9.31 Å². The fourth-order valence-corrected chi connectivity index (χ4v) is 2.30. The Balaban J connectivity index is 2.29. The van der Waals surface area contributed by atoms with Gasteiger partial charge in [-0.3, -0.25) is 5.10 Å². The van der Waals surface area contributed by atoms with Crippen molar-refractivity contribution in [2.75, 3.05) is 0 Å². The number of halogens is 1. The Labute approximate surface area is 126 Å². The summed E-state index contributed by atoms with van der Waals surface area (Å²) in [7, 11) is -0.959. The lowest BCUT2D eigenvalue weighted by molar-refractivity contribution is 0.00578. The van der Waals surface area contributed by atoms with Crippen LogP contribution in [0.3, 0.4) is 0 Å². The second-order valence-corrected chi connectivity index (χ2v) is 6.39. The lowest BCUT2D eigenvalue weighted by Gasteiger charge is -2.32. The molecule has 0 saturated carbocycles. The summed E-state index contributed by atoms with van der Waals surface area (Å²) in [6.07, 6.45) is 3.01. The van der Waals surface area contributed by atoms with Gasteiger partial charge in [0.05, 0.1) is 16.9 Å². The van der Waals surface area contributed by atoms with Crippen LogP contribution in [-0.2, 0) is 22.2 Å². The van der Waals surface area contributed by atoms with Gasteiger partial charge in [0.2, 0.25) is 0 Å². The number of hydrogen-bond donors (Lipinski definition) is 1. The molecule has 2 rings (SSSR count). The third-order valence-corrected chi connectivity index (χ3v) is 4.41. The molecule has 116 valence electrons. The molecule has 0 bridgehead atoms. The zero-order chi connectivity index (χ0) is 15.8. The zero-order valence-electron chi connectivity index (χ0n) is 13.7. The van der Waals surface area contributed by atoms with E-state index in [0.717, 1.165) is 29.8 Å². The molecule has 1 N–H and O–H groups in total. The monoisotopic (exact) mass is 294 g/mol. The van der Waals surface area contributed by atoms with Crippen molar-refractivity contribution in [3.63, 3.8) is 0 Å². The molecule has 6 heteroatoms. The molecule has 0 atom stereocenters. The van der Waals surface area contributed by atoms with Gasteiger partial charge in [-0.1, -0.05) is 13.8 Å². The van der Waals surface area contributed by atoms with Gasteiger partial charge in [-0.2, -0.15) is 5.10 Å². The molecule has 1 aromatic rings. The predicted molar refractivity (Wildman–Crippen MR) is 82.5 cm³/mol. The number of H-pyrrole nitrogens is 1. The molecule has 1 aliphatic rings. The second-order valence-electron chi connectivity index (χ2n) is 6.39. The van der Waals surface area contributed by atoms with E-state index in [-0.39, 0.29) is 0 Å². The molecule has 21 heavy (non-hydrogen) atoms. The van der Waals surface area contributed by atoms with Crippen LogP contribution in [-0.4, -0.2) is 28.5 Å². The summed E-state index contributed by atoms with van der Waals surface area (Å²) in [5.74, 6) is 0. The van der Waals surface area contributed by atoms with Gasteiger partial charge in [-0.05, 0) is 46.6 Å². The minimum Gasteiger partial charge on any atom is -0.398 e. The smallest absolute Gasteiger partial charge is 0.398 e. The summed E-state index contributed by atoms with van der Waals surface area (Å²) in [5, 5.41) is 7.18. The van der Waals surface area contributed by atoms with E-state index < -0.39 is 24.0 Å². The van der Waals surface area contributed by atoms with E-state index in [0.29, 0.717) is 0 Å². The molecule has 0 unspecified atom stereocenters. The van der Waals surface area contributed by atoms with Gasteiger partial charge in [0.15, 0.2) is 0 Å². The average Bonchev–Trinajstić information content (AvgIpc) is 2.88. The Hall–Kier alpha value is -1.14. The molecule has 1 aliphatic heterocycles. The Morgan fingerprint density at radius 3 is 2.24 bits per heavy atom. The lowest BCUT2D eigenvalue weighted by Crippen LogP contribution is -2.41. The fourth-order valence-electron chi connectivity index (χ4n) is 2.30. The van der Waals surface area contributed by atoms with Crippen LogP contribution < -0.4 is 0 Å². The maximum Gasteiger partial charge on any atom is 0.525 e. The quantitative estimate of drug-likeness (QED) is 0.865. The normalized spacial score (nSPS) is 21.1. The van der Waals surface area contributed by atoms with E-state index in [4.69, 9.17) is 9.31 Å². The van der Waals surface area contributed by atoms with E-state index in [1.807, 2.05) is 41.5 Å². The van der Waals surface area contributed by atoms with E-state index in [1.54, 1.807) is 0 Å². The SMILES string of the molecule is CCc1n[nH]c(CC)c1C=C(F)B1OC(C)(C)C(C)(C)O1. The van der Waals surface area contributed by atoms with E-state index in [2.05, 4.69) is 10.2 Å². The van der Waals surface area contributed by atoms with Gasteiger partial charge in [-0.15, -0.1) is 0 Å². The van der Waals surface area contributed by atoms with E-state index in [1.165, 1.54) is 6.08 Å². The van der Waals surface area contributed by atoms with Gasteiger partial charge in [0, 0.05) is 11.3 Å². The van der Waals surface area contributed by atoms with Crippen molar-refractivity contribution in [2.24, 2.45) is 0 Å². The van der Waals surface area contributed by atoms with Crippen molar-refractivity contribution in [1.29, 1.82) is 0 Å². The predicted octanol–water partition coefficient (Wildman–Crippen LogP) is 3.48. The molecule has 0 radical (unpaired) electrons. The molecule has 1 aromatic heterocycles. The second kappa shape index (κ2) is 5.57. The number of hydrogen-bond acceptors (Lipinski definition) is 3. The first-order chi connectivity index (χ1) is 9.71. The van der Waals surface area contributed by atoms with Crippen LogP contribution in [0.5, 0.6) is 0 Å². The van der Waals surface area contributed by atoms with Crippen molar-refractivity contribution in [3.8, 4) is 0 Å². The largest absolute Gasteiger partial charge is 0.525 e. The molecule has 0 aromatic carbocycles. The van der Waals surface area contributed by atoms with Crippen molar-refractivity contribution in [2.45, 2.75) is 65.6 Å². The number of nitrogens with zero attached hydrogens (tertiary/aromatic N) is 1. The number of aromatic nitrogens is 2. The summed E-state index contributed by atoms with van der Waals surface area (Å²) in [6, 6.07) is 0. The molecule has 0 spiro atoms. The van der Waals surface area contributed by atoms with Crippen LogP contribution in [0.4, 0.5) is 4.39 Å². The number of nitrogens with one attached hydrogen (secondary N) is 1. The zero-order valence-corrected chi connectivity index (χ0v) is 13.7. The first-order valence-electron chi connectivity index (χ1n) is 7.50. The third kappa shape index (κ3) is 2.92. The number of aryl methyl sites for hydroxylation is 2. The van der Waals surface area contributed by atoms with Gasteiger partial charge in [0.25, 0.3) is 0 Å². The maximum absolute atomic E-state index is 14.6. The topological polar surface area (TPSA) is 47.1 Å². The van der Waals surface area contributed by atoms with Crippen LogP contribution in [0, 0.1) is 0 Å². The highest BCUT2D eigenvalue weighted by Crippen LogP contribution is 2.39. The molecule has 1 fully saturated rings. The Bertz CT molecular complexity index is 514. The van der Waals surface area contributed by atoms with Gasteiger partial charge >= 0.3 is 7.12 Å². The third-order valence-electron chi connectivity index (χ3n) is 4.41. The van der Waals surface area contributed by atoms with Crippen LogP contribution in [0.15, 0.2) is 5.73 Å². The first-order valence-corrected chi connectivity index (χ1v) is 7.50. The summed E-state index contributed by atoms with van der Waals surface area (Å²) in [5.41, 5.74) is 1.10. The van der Waals surface area contributed by atoms with Crippen molar-refractivity contribution in [1.82, 2.24) is 10.2 Å². The highest BCUT2D eigenvalue weighted by atomic mass is 19.1. The summed E-state index contributed by atoms with van der Waals surface area (Å²) in [4.78, 5) is 0. The average molecular weight is 294 g/mol. The summed E-state index contributed by atoms with van der Waals surface area (Å²) >= 11 is 0. The van der Waals surface area contributed by atoms with Crippen LogP contribution in [0.1, 0.15) is 58.5 Å². The van der Waals surface area contributed by atoms with Crippen LogP contribution in [0.2, 0.25) is 0 Å². The molecule has 0 aliphatic carbocycles. The Kier molecular flexibility index (Phi) is 4.31. The molecular weight excluding hydrogens is 270 g/mol. The standard InChI is InChI=1S/C15H24BFN2O2/c1-7-11-10(12(8-2)19-18-11)9-13(17)16-20-14(3,4)15(5,6)21-16/h9H,7-8H2,1-6H3,(H,18,19). The Morgan fingerprint density at radius 1 is 1.19 bits per heavy atom. The summed E-state index contributed by atoms with van der Waals surface area (Å²) in [6.45, 7) is 11.6. The van der Waals surface area contributed by atoms with E-state index >= 15 is 0 Å². The Morgan fingerprint density at radius 2 is 1.76 bits per heavy atom. The molecule has 0 amide bonds. The first kappa shape index (κ1) is 16.2. The maximum atomic E-state index is 14.6. The van der Waals surface area contributed by atoms with Gasteiger partial charge in [-0.25, -0.2) is 4.39 Å². The van der Waals surface area contributed by atoms with Crippen LogP contribution >= 0.6 is 0 Å². The highest BCUT2D eigenvalue weighted by Gasteiger charge is 2.53.